The lowest BCUT2D eigenvalue weighted by Gasteiger charge is -2.05. The van der Waals surface area contributed by atoms with Crippen molar-refractivity contribution in [3.63, 3.8) is 0 Å². The Hall–Kier alpha value is -2.26. The lowest BCUT2D eigenvalue weighted by atomic mass is 10.1. The van der Waals surface area contributed by atoms with Crippen LogP contribution in [0.5, 0.6) is 0 Å². The van der Waals surface area contributed by atoms with Crippen LogP contribution in [0.25, 0.3) is 22.0 Å². The summed E-state index contributed by atoms with van der Waals surface area (Å²) in [4.78, 5) is 20.2. The number of carbonyl (C=O) groups excluding carboxylic acids is 1. The van der Waals surface area contributed by atoms with E-state index in [0.29, 0.717) is 17.1 Å². The largest absolute Gasteiger partial charge is 0.292 e. The zero-order chi connectivity index (χ0) is 14.8. The van der Waals surface area contributed by atoms with Gasteiger partial charge in [0, 0.05) is 34.8 Å². The van der Waals surface area contributed by atoms with Gasteiger partial charge in [0.2, 0.25) is 0 Å². The van der Waals surface area contributed by atoms with Crippen molar-refractivity contribution in [1.29, 1.82) is 0 Å². The molecule has 0 aliphatic heterocycles. The first kappa shape index (κ1) is 13.7. The van der Waals surface area contributed by atoms with Gasteiger partial charge in [0.1, 0.15) is 5.69 Å². The third-order valence-corrected chi connectivity index (χ3v) is 3.71. The van der Waals surface area contributed by atoms with Gasteiger partial charge >= 0.3 is 0 Å². The second kappa shape index (κ2) is 5.62. The Kier molecular flexibility index (Phi) is 3.67. The SMILES string of the molecule is CCC(=O)c1ccc(-c2cc3cccc(Cl)c3cn2)cn1. The molecule has 0 N–H and O–H groups in total. The van der Waals surface area contributed by atoms with E-state index in [0.717, 1.165) is 22.0 Å². The number of carbonyl (C=O) groups is 1. The summed E-state index contributed by atoms with van der Waals surface area (Å²) in [5.74, 6) is 0.0415. The molecule has 0 atom stereocenters. The summed E-state index contributed by atoms with van der Waals surface area (Å²) in [6.07, 6.45) is 3.90. The van der Waals surface area contributed by atoms with E-state index in [9.17, 15) is 4.79 Å². The number of pyridine rings is 2. The van der Waals surface area contributed by atoms with Gasteiger partial charge in [-0.05, 0) is 29.7 Å². The Morgan fingerprint density at radius 1 is 1.14 bits per heavy atom. The van der Waals surface area contributed by atoms with Crippen molar-refractivity contribution in [2.24, 2.45) is 0 Å². The van der Waals surface area contributed by atoms with Gasteiger partial charge in [-0.3, -0.25) is 14.8 Å². The molecule has 0 amide bonds. The zero-order valence-corrected chi connectivity index (χ0v) is 12.3. The van der Waals surface area contributed by atoms with Crippen LogP contribution < -0.4 is 0 Å². The molecular formula is C17H13ClN2O. The van der Waals surface area contributed by atoms with Crippen molar-refractivity contribution in [1.82, 2.24) is 9.97 Å². The number of ketones is 1. The standard InChI is InChI=1S/C17H13ClN2O/c1-2-17(21)15-7-6-12(9-19-15)16-8-11-4-3-5-14(18)13(11)10-20-16/h3-10H,2H2,1H3. The summed E-state index contributed by atoms with van der Waals surface area (Å²) in [6.45, 7) is 1.83. The molecule has 0 saturated carbocycles. The number of aromatic nitrogens is 2. The van der Waals surface area contributed by atoms with Gasteiger partial charge in [0.15, 0.2) is 5.78 Å². The molecule has 0 saturated heterocycles. The Balaban J connectivity index is 2.02. The molecule has 104 valence electrons. The van der Waals surface area contributed by atoms with Gasteiger partial charge in [0.05, 0.1) is 5.69 Å². The predicted octanol–water partition coefficient (Wildman–Crippen LogP) is 4.54. The van der Waals surface area contributed by atoms with Crippen LogP contribution in [0.2, 0.25) is 5.02 Å². The van der Waals surface area contributed by atoms with Crippen LogP contribution in [-0.2, 0) is 0 Å². The summed E-state index contributed by atoms with van der Waals surface area (Å²) in [5.41, 5.74) is 2.18. The Labute approximate surface area is 127 Å². The molecule has 2 heterocycles. The van der Waals surface area contributed by atoms with Gasteiger partial charge in [0.25, 0.3) is 0 Å². The van der Waals surface area contributed by atoms with Gasteiger partial charge in [-0.1, -0.05) is 30.7 Å². The number of Topliss-reactive ketones (excluding diaryl/α,β-unsaturated/α-hetero) is 1. The van der Waals surface area contributed by atoms with Crippen LogP contribution in [0.3, 0.4) is 0 Å². The highest BCUT2D eigenvalue weighted by Gasteiger charge is 2.07. The molecule has 0 unspecified atom stereocenters. The van der Waals surface area contributed by atoms with E-state index in [1.807, 2.05) is 37.3 Å². The molecular weight excluding hydrogens is 284 g/mol. The molecule has 3 rings (SSSR count). The number of rotatable bonds is 3. The van der Waals surface area contributed by atoms with Crippen LogP contribution in [-0.4, -0.2) is 15.8 Å². The number of halogens is 1. The summed E-state index contributed by atoms with van der Waals surface area (Å²) < 4.78 is 0. The van der Waals surface area contributed by atoms with Crippen LogP contribution in [0.4, 0.5) is 0 Å². The van der Waals surface area contributed by atoms with Gasteiger partial charge in [-0.25, -0.2) is 0 Å². The summed E-state index contributed by atoms with van der Waals surface area (Å²) in [7, 11) is 0. The topological polar surface area (TPSA) is 42.9 Å². The van der Waals surface area contributed by atoms with E-state index >= 15 is 0 Å². The average Bonchev–Trinajstić information content (AvgIpc) is 2.54. The van der Waals surface area contributed by atoms with Crippen molar-refractivity contribution < 1.29 is 4.79 Å². The first-order chi connectivity index (χ1) is 10.2. The quantitative estimate of drug-likeness (QED) is 0.666. The molecule has 3 aromatic rings. The fraction of sp³-hybridized carbons (Fsp3) is 0.118. The van der Waals surface area contributed by atoms with Crippen LogP contribution in [0.1, 0.15) is 23.8 Å². The minimum absolute atomic E-state index is 0.0415. The highest BCUT2D eigenvalue weighted by atomic mass is 35.5. The first-order valence-electron chi connectivity index (χ1n) is 6.73. The summed E-state index contributed by atoms with van der Waals surface area (Å²) >= 11 is 6.14. The maximum absolute atomic E-state index is 11.6. The average molecular weight is 297 g/mol. The van der Waals surface area contributed by atoms with Gasteiger partial charge in [-0.2, -0.15) is 0 Å². The van der Waals surface area contributed by atoms with E-state index in [2.05, 4.69) is 9.97 Å². The van der Waals surface area contributed by atoms with Crippen molar-refractivity contribution in [3.05, 3.63) is 59.5 Å². The molecule has 2 aromatic heterocycles. The number of nitrogens with zero attached hydrogens (tertiary/aromatic N) is 2. The number of hydrogen-bond acceptors (Lipinski definition) is 3. The highest BCUT2D eigenvalue weighted by Crippen LogP contribution is 2.26. The van der Waals surface area contributed by atoms with Gasteiger partial charge < -0.3 is 0 Å². The third-order valence-electron chi connectivity index (χ3n) is 3.38. The minimum atomic E-state index is 0.0415. The number of benzene rings is 1. The maximum atomic E-state index is 11.6. The third kappa shape index (κ3) is 2.65. The summed E-state index contributed by atoms with van der Waals surface area (Å²) in [5, 5.41) is 2.64. The van der Waals surface area contributed by atoms with E-state index in [4.69, 9.17) is 11.6 Å². The molecule has 0 fully saturated rings. The lowest BCUT2D eigenvalue weighted by molar-refractivity contribution is 0.0983. The van der Waals surface area contributed by atoms with E-state index in [1.165, 1.54) is 0 Å². The van der Waals surface area contributed by atoms with Crippen molar-refractivity contribution in [2.75, 3.05) is 0 Å². The van der Waals surface area contributed by atoms with Gasteiger partial charge in [-0.15, -0.1) is 0 Å². The highest BCUT2D eigenvalue weighted by molar-refractivity contribution is 6.35. The monoisotopic (exact) mass is 296 g/mol. The Morgan fingerprint density at radius 3 is 2.71 bits per heavy atom. The molecule has 21 heavy (non-hydrogen) atoms. The second-order valence-electron chi connectivity index (χ2n) is 4.74. The fourth-order valence-electron chi connectivity index (χ4n) is 2.18. The molecule has 0 bridgehead atoms. The second-order valence-corrected chi connectivity index (χ2v) is 5.15. The van der Waals surface area contributed by atoms with E-state index in [1.54, 1.807) is 18.5 Å². The fourth-order valence-corrected chi connectivity index (χ4v) is 2.41. The minimum Gasteiger partial charge on any atom is -0.292 e. The lowest BCUT2D eigenvalue weighted by Crippen LogP contribution is -1.99. The molecule has 0 spiro atoms. The Morgan fingerprint density at radius 2 is 2.00 bits per heavy atom. The predicted molar refractivity (Wildman–Crippen MR) is 84.6 cm³/mol. The Bertz CT molecular complexity index is 813. The van der Waals surface area contributed by atoms with E-state index in [-0.39, 0.29) is 5.78 Å². The van der Waals surface area contributed by atoms with E-state index < -0.39 is 0 Å². The molecule has 3 nitrogen and oxygen atoms in total. The molecule has 4 heteroatoms. The first-order valence-corrected chi connectivity index (χ1v) is 7.10. The smallest absolute Gasteiger partial charge is 0.180 e. The normalized spacial score (nSPS) is 10.8. The summed E-state index contributed by atoms with van der Waals surface area (Å²) in [6, 6.07) is 11.3. The maximum Gasteiger partial charge on any atom is 0.180 e. The molecule has 0 radical (unpaired) electrons. The number of fused-ring (bicyclic) bond motifs is 1. The van der Waals surface area contributed by atoms with Crippen molar-refractivity contribution >= 4 is 28.2 Å². The van der Waals surface area contributed by atoms with Crippen molar-refractivity contribution in [2.45, 2.75) is 13.3 Å². The molecule has 0 aliphatic carbocycles. The molecule has 1 aromatic carbocycles. The van der Waals surface area contributed by atoms with Crippen molar-refractivity contribution in [3.8, 4) is 11.3 Å². The number of hydrogen-bond donors (Lipinski definition) is 0. The van der Waals surface area contributed by atoms with Crippen LogP contribution in [0, 0.1) is 0 Å². The van der Waals surface area contributed by atoms with Crippen LogP contribution >= 0.6 is 11.6 Å². The molecule has 0 aliphatic rings. The zero-order valence-electron chi connectivity index (χ0n) is 11.5. The van der Waals surface area contributed by atoms with Crippen LogP contribution in [0.15, 0.2) is 48.8 Å².